The zero-order chi connectivity index (χ0) is 20.1. The van der Waals surface area contributed by atoms with Crippen LogP contribution in [0.2, 0.25) is 0 Å². The highest BCUT2D eigenvalue weighted by Crippen LogP contribution is 2.26. The Hall–Kier alpha value is -1.86. The Kier molecular flexibility index (Phi) is 6.87. The molecule has 2 heterocycles. The average Bonchev–Trinajstić information content (AvgIpc) is 3.39. The Morgan fingerprint density at radius 2 is 1.86 bits per heavy atom. The third kappa shape index (κ3) is 5.20. The van der Waals surface area contributed by atoms with Gasteiger partial charge in [-0.05, 0) is 56.8 Å². The van der Waals surface area contributed by atoms with Crippen molar-refractivity contribution in [3.8, 4) is 5.69 Å². The van der Waals surface area contributed by atoms with Crippen molar-refractivity contribution >= 4 is 17.7 Å². The van der Waals surface area contributed by atoms with Crippen LogP contribution in [0.4, 0.5) is 0 Å². The lowest BCUT2D eigenvalue weighted by molar-refractivity contribution is -0.119. The molecule has 1 aliphatic heterocycles. The summed E-state index contributed by atoms with van der Waals surface area (Å²) < 4.78 is 2.11. The van der Waals surface area contributed by atoms with Gasteiger partial charge in [0.1, 0.15) is 0 Å². The van der Waals surface area contributed by atoms with Gasteiger partial charge >= 0.3 is 0 Å². The number of aromatic nitrogens is 3. The molecule has 0 spiro atoms. The second-order valence-electron chi connectivity index (χ2n) is 8.28. The molecule has 29 heavy (non-hydrogen) atoms. The van der Waals surface area contributed by atoms with E-state index in [2.05, 4.69) is 44.0 Å². The number of nitrogens with zero attached hydrogens (tertiary/aromatic N) is 4. The van der Waals surface area contributed by atoms with Crippen molar-refractivity contribution in [3.63, 3.8) is 0 Å². The van der Waals surface area contributed by atoms with E-state index in [0.29, 0.717) is 17.7 Å². The van der Waals surface area contributed by atoms with Crippen molar-refractivity contribution in [2.24, 2.45) is 5.92 Å². The molecule has 4 rings (SSSR count). The van der Waals surface area contributed by atoms with Crippen molar-refractivity contribution < 1.29 is 4.79 Å². The summed E-state index contributed by atoms with van der Waals surface area (Å²) in [6.07, 6.45) is 7.30. The third-order valence-electron chi connectivity index (χ3n) is 6.07. The van der Waals surface area contributed by atoms with Crippen LogP contribution in [0.15, 0.2) is 35.5 Å². The Labute approximate surface area is 177 Å². The molecule has 1 saturated heterocycles. The Balaban J connectivity index is 1.45. The molecule has 1 aromatic heterocycles. The summed E-state index contributed by atoms with van der Waals surface area (Å²) in [4.78, 5) is 15.0. The summed E-state index contributed by atoms with van der Waals surface area (Å²) >= 11 is 1.48. The number of rotatable bonds is 7. The SMILES string of the molecule is C[C@@H]1CCCC[C@H]1NC(=O)CSc1nnc(CN2CCCC2)n1-c1ccccc1. The van der Waals surface area contributed by atoms with E-state index in [1.807, 2.05) is 18.2 Å². The minimum absolute atomic E-state index is 0.0949. The van der Waals surface area contributed by atoms with Crippen molar-refractivity contribution in [1.82, 2.24) is 25.0 Å². The number of carbonyl (C=O) groups excluding carboxylic acids is 1. The molecule has 1 saturated carbocycles. The zero-order valence-electron chi connectivity index (χ0n) is 17.2. The zero-order valence-corrected chi connectivity index (χ0v) is 18.0. The molecule has 1 aliphatic carbocycles. The highest BCUT2D eigenvalue weighted by atomic mass is 32.2. The van der Waals surface area contributed by atoms with Gasteiger partial charge in [0.25, 0.3) is 0 Å². The number of thioether (sulfide) groups is 1. The summed E-state index contributed by atoms with van der Waals surface area (Å²) in [5.74, 6) is 1.98. The van der Waals surface area contributed by atoms with E-state index in [1.54, 1.807) is 0 Å². The number of hydrogen-bond donors (Lipinski definition) is 1. The Morgan fingerprint density at radius 1 is 1.10 bits per heavy atom. The summed E-state index contributed by atoms with van der Waals surface area (Å²) in [5, 5.41) is 12.9. The fourth-order valence-corrected chi connectivity index (χ4v) is 5.16. The maximum absolute atomic E-state index is 12.6. The first-order valence-corrected chi connectivity index (χ1v) is 11.8. The first kappa shape index (κ1) is 20.4. The topological polar surface area (TPSA) is 63.1 Å². The molecule has 156 valence electrons. The van der Waals surface area contributed by atoms with E-state index in [4.69, 9.17) is 0 Å². The van der Waals surface area contributed by atoms with Crippen LogP contribution < -0.4 is 5.32 Å². The van der Waals surface area contributed by atoms with Gasteiger partial charge in [-0.3, -0.25) is 14.3 Å². The van der Waals surface area contributed by atoms with E-state index in [0.717, 1.165) is 42.7 Å². The summed E-state index contributed by atoms with van der Waals surface area (Å²) in [7, 11) is 0. The van der Waals surface area contributed by atoms with Gasteiger partial charge in [-0.2, -0.15) is 0 Å². The normalized spacial score (nSPS) is 22.7. The minimum Gasteiger partial charge on any atom is -0.352 e. The number of likely N-dealkylation sites (tertiary alicyclic amines) is 1. The molecule has 1 aromatic carbocycles. The van der Waals surface area contributed by atoms with E-state index in [9.17, 15) is 4.79 Å². The quantitative estimate of drug-likeness (QED) is 0.702. The smallest absolute Gasteiger partial charge is 0.230 e. The van der Waals surface area contributed by atoms with Crippen LogP contribution in [-0.4, -0.2) is 50.5 Å². The van der Waals surface area contributed by atoms with Crippen LogP contribution in [0.5, 0.6) is 0 Å². The molecule has 2 fully saturated rings. The summed E-state index contributed by atoms with van der Waals surface area (Å²) in [6, 6.07) is 10.5. The number of amides is 1. The van der Waals surface area contributed by atoms with E-state index >= 15 is 0 Å². The average molecular weight is 414 g/mol. The largest absolute Gasteiger partial charge is 0.352 e. The molecule has 1 N–H and O–H groups in total. The van der Waals surface area contributed by atoms with Crippen LogP contribution in [-0.2, 0) is 11.3 Å². The number of para-hydroxylation sites is 1. The highest BCUT2D eigenvalue weighted by Gasteiger charge is 2.24. The number of benzene rings is 1. The lowest BCUT2D eigenvalue weighted by Crippen LogP contribution is -2.41. The maximum atomic E-state index is 12.6. The molecule has 0 unspecified atom stereocenters. The van der Waals surface area contributed by atoms with Gasteiger partial charge < -0.3 is 5.32 Å². The predicted octanol–water partition coefficient (Wildman–Crippen LogP) is 3.65. The van der Waals surface area contributed by atoms with Gasteiger partial charge in [0.15, 0.2) is 11.0 Å². The van der Waals surface area contributed by atoms with Crippen LogP contribution >= 0.6 is 11.8 Å². The molecule has 2 aliphatic rings. The second-order valence-corrected chi connectivity index (χ2v) is 9.22. The molecule has 6 nitrogen and oxygen atoms in total. The standard InChI is InChI=1S/C22H31N5OS/c1-17-9-5-6-12-19(17)23-21(28)16-29-22-25-24-20(15-26-13-7-8-14-26)27(22)18-10-3-2-4-11-18/h2-4,10-11,17,19H,5-9,12-16H2,1H3,(H,23,28)/t17-,19-/m1/s1. The Morgan fingerprint density at radius 3 is 2.62 bits per heavy atom. The molecule has 1 amide bonds. The predicted molar refractivity (Wildman–Crippen MR) is 116 cm³/mol. The molecular formula is C22H31N5OS. The van der Waals surface area contributed by atoms with Crippen molar-refractivity contribution in [1.29, 1.82) is 0 Å². The summed E-state index contributed by atoms with van der Waals surface area (Å²) in [5.41, 5.74) is 1.05. The third-order valence-corrected chi connectivity index (χ3v) is 7.00. The van der Waals surface area contributed by atoms with Crippen molar-refractivity contribution in [3.05, 3.63) is 36.2 Å². The fourth-order valence-electron chi connectivity index (χ4n) is 4.38. The van der Waals surface area contributed by atoms with Crippen molar-refractivity contribution in [2.75, 3.05) is 18.8 Å². The van der Waals surface area contributed by atoms with E-state index in [1.165, 1.54) is 43.9 Å². The van der Waals surface area contributed by atoms with Crippen molar-refractivity contribution in [2.45, 2.75) is 63.2 Å². The number of nitrogens with one attached hydrogen (secondary N) is 1. The molecular weight excluding hydrogens is 382 g/mol. The molecule has 0 bridgehead atoms. The fraction of sp³-hybridized carbons (Fsp3) is 0.591. The lowest BCUT2D eigenvalue weighted by Gasteiger charge is -2.29. The van der Waals surface area contributed by atoms with Gasteiger partial charge in [0.05, 0.1) is 12.3 Å². The minimum atomic E-state index is 0.0949. The maximum Gasteiger partial charge on any atom is 0.230 e. The van der Waals surface area contributed by atoms with Crippen LogP contribution in [0.3, 0.4) is 0 Å². The molecule has 2 atom stereocenters. The summed E-state index contributed by atoms with van der Waals surface area (Å²) in [6.45, 7) is 5.28. The van der Waals surface area contributed by atoms with Crippen LogP contribution in [0.25, 0.3) is 5.69 Å². The molecule has 2 aromatic rings. The monoisotopic (exact) mass is 413 g/mol. The van der Waals surface area contributed by atoms with Gasteiger partial charge in [0.2, 0.25) is 5.91 Å². The van der Waals surface area contributed by atoms with Gasteiger partial charge in [-0.25, -0.2) is 0 Å². The van der Waals surface area contributed by atoms with Gasteiger partial charge in [-0.15, -0.1) is 10.2 Å². The van der Waals surface area contributed by atoms with Gasteiger partial charge in [-0.1, -0.05) is 49.7 Å². The lowest BCUT2D eigenvalue weighted by atomic mass is 9.86. The first-order chi connectivity index (χ1) is 14.2. The molecule has 0 radical (unpaired) electrons. The van der Waals surface area contributed by atoms with Crippen LogP contribution in [0.1, 0.15) is 51.3 Å². The number of carbonyl (C=O) groups is 1. The molecule has 7 heteroatoms. The highest BCUT2D eigenvalue weighted by molar-refractivity contribution is 7.99. The van der Waals surface area contributed by atoms with Gasteiger partial charge in [0, 0.05) is 11.7 Å². The Bertz CT molecular complexity index is 803. The van der Waals surface area contributed by atoms with E-state index < -0.39 is 0 Å². The first-order valence-electron chi connectivity index (χ1n) is 10.8. The van der Waals surface area contributed by atoms with E-state index in [-0.39, 0.29) is 5.91 Å². The number of hydrogen-bond acceptors (Lipinski definition) is 5. The van der Waals surface area contributed by atoms with Crippen LogP contribution in [0, 0.1) is 5.92 Å². The second kappa shape index (κ2) is 9.76.